The second-order valence-corrected chi connectivity index (χ2v) is 5.38. The van der Waals surface area contributed by atoms with Crippen LogP contribution in [-0.2, 0) is 16.1 Å². The van der Waals surface area contributed by atoms with Gasteiger partial charge in [0.2, 0.25) is 11.8 Å². The number of anilines is 2. The van der Waals surface area contributed by atoms with Gasteiger partial charge in [0.15, 0.2) is 0 Å². The van der Waals surface area contributed by atoms with E-state index in [1.807, 2.05) is 43.3 Å². The Hall–Kier alpha value is -2.82. The molecular weight excluding hydrogens is 290 g/mol. The molecule has 0 bridgehead atoms. The van der Waals surface area contributed by atoms with Crippen LogP contribution in [0.2, 0.25) is 0 Å². The molecule has 0 aliphatic rings. The molecular formula is C18H21N3O2. The van der Waals surface area contributed by atoms with E-state index in [1.54, 1.807) is 12.1 Å². The summed E-state index contributed by atoms with van der Waals surface area (Å²) >= 11 is 0. The highest BCUT2D eigenvalue weighted by atomic mass is 16.2. The summed E-state index contributed by atoms with van der Waals surface area (Å²) in [5, 5.41) is 8.61. The molecule has 3 N–H and O–H groups in total. The van der Waals surface area contributed by atoms with Gasteiger partial charge >= 0.3 is 0 Å². The molecule has 5 nitrogen and oxygen atoms in total. The lowest BCUT2D eigenvalue weighted by atomic mass is 10.1. The standard InChI is InChI=1S/C18H21N3O2/c1-13-6-8-15(9-7-13)11-20-18(23)12-19-16-4-3-5-17(10-16)21-14(2)22/h3-10,19H,11-12H2,1-2H3,(H,20,23)(H,21,22). The third-order valence-electron chi connectivity index (χ3n) is 3.25. The van der Waals surface area contributed by atoms with Crippen LogP contribution < -0.4 is 16.0 Å². The predicted molar refractivity (Wildman–Crippen MR) is 92.3 cm³/mol. The molecule has 0 aliphatic carbocycles. The van der Waals surface area contributed by atoms with Crippen LogP contribution in [0, 0.1) is 6.92 Å². The maximum absolute atomic E-state index is 11.9. The van der Waals surface area contributed by atoms with Crippen LogP contribution in [-0.4, -0.2) is 18.4 Å². The van der Waals surface area contributed by atoms with Crippen LogP contribution in [0.25, 0.3) is 0 Å². The zero-order valence-electron chi connectivity index (χ0n) is 13.3. The van der Waals surface area contributed by atoms with E-state index in [9.17, 15) is 9.59 Å². The van der Waals surface area contributed by atoms with Crippen LogP contribution in [0.3, 0.4) is 0 Å². The van der Waals surface area contributed by atoms with E-state index < -0.39 is 0 Å². The first kappa shape index (κ1) is 16.5. The number of amides is 2. The Kier molecular flexibility index (Phi) is 5.74. The zero-order valence-corrected chi connectivity index (χ0v) is 13.3. The largest absolute Gasteiger partial charge is 0.376 e. The van der Waals surface area contributed by atoms with Crippen LogP contribution in [0.15, 0.2) is 48.5 Å². The minimum atomic E-state index is -0.127. The summed E-state index contributed by atoms with van der Waals surface area (Å²) in [7, 11) is 0. The van der Waals surface area contributed by atoms with Crippen molar-refractivity contribution in [3.05, 3.63) is 59.7 Å². The molecule has 0 spiro atoms. The molecule has 0 aliphatic heterocycles. The van der Waals surface area contributed by atoms with Gasteiger partial charge in [-0.15, -0.1) is 0 Å². The van der Waals surface area contributed by atoms with Crippen LogP contribution in [0.1, 0.15) is 18.1 Å². The lowest BCUT2D eigenvalue weighted by Gasteiger charge is -2.09. The number of nitrogens with one attached hydrogen (secondary N) is 3. The molecule has 0 saturated heterocycles. The highest BCUT2D eigenvalue weighted by molar-refractivity contribution is 5.89. The van der Waals surface area contributed by atoms with Gasteiger partial charge in [-0.2, -0.15) is 0 Å². The van der Waals surface area contributed by atoms with Crippen molar-refractivity contribution in [3.8, 4) is 0 Å². The summed E-state index contributed by atoms with van der Waals surface area (Å²) in [6.45, 7) is 4.17. The molecule has 2 rings (SSSR count). The fraction of sp³-hybridized carbons (Fsp3) is 0.222. The molecule has 120 valence electrons. The molecule has 2 amide bonds. The van der Waals surface area contributed by atoms with Crippen molar-refractivity contribution in [2.45, 2.75) is 20.4 Å². The van der Waals surface area contributed by atoms with E-state index >= 15 is 0 Å². The average molecular weight is 311 g/mol. The van der Waals surface area contributed by atoms with Crippen molar-refractivity contribution in [1.82, 2.24) is 5.32 Å². The van der Waals surface area contributed by atoms with Gasteiger partial charge in [-0.25, -0.2) is 0 Å². The van der Waals surface area contributed by atoms with Crippen molar-refractivity contribution in [1.29, 1.82) is 0 Å². The number of rotatable bonds is 6. The van der Waals surface area contributed by atoms with Crippen molar-refractivity contribution >= 4 is 23.2 Å². The van der Waals surface area contributed by atoms with E-state index in [2.05, 4.69) is 16.0 Å². The van der Waals surface area contributed by atoms with Crippen molar-refractivity contribution in [2.75, 3.05) is 17.2 Å². The molecule has 23 heavy (non-hydrogen) atoms. The molecule has 5 heteroatoms. The molecule has 2 aromatic carbocycles. The minimum Gasteiger partial charge on any atom is -0.376 e. The van der Waals surface area contributed by atoms with Gasteiger partial charge in [0, 0.05) is 24.8 Å². The zero-order chi connectivity index (χ0) is 16.7. The van der Waals surface area contributed by atoms with Gasteiger partial charge in [0.25, 0.3) is 0 Å². The summed E-state index contributed by atoms with van der Waals surface area (Å²) in [6, 6.07) is 15.3. The van der Waals surface area contributed by atoms with Crippen molar-refractivity contribution in [3.63, 3.8) is 0 Å². The first-order chi connectivity index (χ1) is 11.0. The summed E-state index contributed by atoms with van der Waals surface area (Å²) in [6.07, 6.45) is 0. The van der Waals surface area contributed by atoms with E-state index in [1.165, 1.54) is 12.5 Å². The fourth-order valence-corrected chi connectivity index (χ4v) is 2.06. The first-order valence-electron chi connectivity index (χ1n) is 7.47. The van der Waals surface area contributed by atoms with E-state index in [0.29, 0.717) is 12.2 Å². The predicted octanol–water partition coefficient (Wildman–Crippen LogP) is 2.68. The first-order valence-corrected chi connectivity index (χ1v) is 7.47. The Morgan fingerprint density at radius 3 is 2.39 bits per heavy atom. The lowest BCUT2D eigenvalue weighted by molar-refractivity contribution is -0.119. The normalized spacial score (nSPS) is 10.0. The molecule has 2 aromatic rings. The SMILES string of the molecule is CC(=O)Nc1cccc(NCC(=O)NCc2ccc(C)cc2)c1. The minimum absolute atomic E-state index is 0.0875. The maximum atomic E-state index is 11.9. The van der Waals surface area contributed by atoms with E-state index in [-0.39, 0.29) is 18.4 Å². The van der Waals surface area contributed by atoms with Crippen molar-refractivity contribution in [2.24, 2.45) is 0 Å². The molecule has 0 aromatic heterocycles. The molecule has 0 fully saturated rings. The number of hydrogen-bond donors (Lipinski definition) is 3. The Bertz CT molecular complexity index is 681. The Labute approximate surface area is 136 Å². The maximum Gasteiger partial charge on any atom is 0.239 e. The highest BCUT2D eigenvalue weighted by Crippen LogP contribution is 2.14. The molecule has 0 atom stereocenters. The van der Waals surface area contributed by atoms with Crippen LogP contribution in [0.5, 0.6) is 0 Å². The summed E-state index contributed by atoms with van der Waals surface area (Å²) in [5.74, 6) is -0.214. The summed E-state index contributed by atoms with van der Waals surface area (Å²) < 4.78 is 0. The molecule has 0 radical (unpaired) electrons. The number of carbonyl (C=O) groups excluding carboxylic acids is 2. The third kappa shape index (κ3) is 5.82. The van der Waals surface area contributed by atoms with E-state index in [0.717, 1.165) is 11.3 Å². The molecule has 0 heterocycles. The second-order valence-electron chi connectivity index (χ2n) is 5.38. The highest BCUT2D eigenvalue weighted by Gasteiger charge is 2.02. The second kappa shape index (κ2) is 7.98. The van der Waals surface area contributed by atoms with Gasteiger partial charge in [0.05, 0.1) is 6.54 Å². The Balaban J connectivity index is 1.80. The topological polar surface area (TPSA) is 70.2 Å². The lowest BCUT2D eigenvalue weighted by Crippen LogP contribution is -2.29. The molecule has 0 saturated carbocycles. The van der Waals surface area contributed by atoms with Gasteiger partial charge < -0.3 is 16.0 Å². The number of hydrogen-bond acceptors (Lipinski definition) is 3. The Morgan fingerprint density at radius 1 is 1.00 bits per heavy atom. The summed E-state index contributed by atoms with van der Waals surface area (Å²) in [5.41, 5.74) is 3.74. The van der Waals surface area contributed by atoms with E-state index in [4.69, 9.17) is 0 Å². The number of benzene rings is 2. The smallest absolute Gasteiger partial charge is 0.239 e. The van der Waals surface area contributed by atoms with Crippen molar-refractivity contribution < 1.29 is 9.59 Å². The van der Waals surface area contributed by atoms with Crippen LogP contribution in [0.4, 0.5) is 11.4 Å². The summed E-state index contributed by atoms with van der Waals surface area (Å²) in [4.78, 5) is 22.9. The fourth-order valence-electron chi connectivity index (χ4n) is 2.06. The monoisotopic (exact) mass is 311 g/mol. The Morgan fingerprint density at radius 2 is 1.70 bits per heavy atom. The number of carbonyl (C=O) groups is 2. The van der Waals surface area contributed by atoms with Gasteiger partial charge in [-0.05, 0) is 30.7 Å². The number of aryl methyl sites for hydroxylation is 1. The van der Waals surface area contributed by atoms with Gasteiger partial charge in [-0.1, -0.05) is 35.9 Å². The van der Waals surface area contributed by atoms with Crippen LogP contribution >= 0.6 is 0 Å². The third-order valence-corrected chi connectivity index (χ3v) is 3.25. The van der Waals surface area contributed by atoms with Gasteiger partial charge in [-0.3, -0.25) is 9.59 Å². The van der Waals surface area contributed by atoms with Gasteiger partial charge in [0.1, 0.15) is 0 Å². The average Bonchev–Trinajstić information content (AvgIpc) is 2.52. The molecule has 0 unspecified atom stereocenters. The quantitative estimate of drug-likeness (QED) is 0.768.